The summed E-state index contributed by atoms with van der Waals surface area (Å²) in [6, 6.07) is 4.40. The van der Waals surface area contributed by atoms with E-state index in [1.54, 1.807) is 6.20 Å². The third-order valence-electron chi connectivity index (χ3n) is 4.48. The van der Waals surface area contributed by atoms with E-state index >= 15 is 0 Å². The predicted molar refractivity (Wildman–Crippen MR) is 107 cm³/mol. The molecule has 0 aliphatic carbocycles. The molecule has 1 aromatic heterocycles. The van der Waals surface area contributed by atoms with Gasteiger partial charge in [-0.1, -0.05) is 17.7 Å². The van der Waals surface area contributed by atoms with Gasteiger partial charge in [0.25, 0.3) is 0 Å². The molecule has 0 aromatic carbocycles. The van der Waals surface area contributed by atoms with Gasteiger partial charge in [0.05, 0.1) is 13.2 Å². The molecule has 3 rings (SSSR count). The molecule has 1 atom stereocenters. The molecule has 0 radical (unpaired) electrons. The van der Waals surface area contributed by atoms with Crippen molar-refractivity contribution in [1.82, 2.24) is 20.1 Å². The fourth-order valence-electron chi connectivity index (χ4n) is 3.20. The van der Waals surface area contributed by atoms with Crippen LogP contribution >= 0.6 is 35.6 Å². The highest BCUT2D eigenvalue weighted by atomic mass is 127. The minimum Gasteiger partial charge on any atom is -0.379 e. The normalized spacial score (nSPS) is 22.3. The van der Waals surface area contributed by atoms with Crippen molar-refractivity contribution in [2.75, 3.05) is 46.4 Å². The van der Waals surface area contributed by atoms with E-state index in [0.717, 1.165) is 50.9 Å². The molecular formula is C16H25ClIN5O. The number of aliphatic imine (C=N–C) groups is 1. The molecule has 1 aromatic rings. The highest BCUT2D eigenvalue weighted by Crippen LogP contribution is 2.17. The fourth-order valence-corrected chi connectivity index (χ4v) is 3.31. The number of pyridine rings is 1. The van der Waals surface area contributed by atoms with Gasteiger partial charge in [-0.25, -0.2) is 4.98 Å². The topological polar surface area (TPSA) is 53.0 Å². The van der Waals surface area contributed by atoms with Gasteiger partial charge in [-0.2, -0.15) is 0 Å². The van der Waals surface area contributed by atoms with Gasteiger partial charge < -0.3 is 15.0 Å². The summed E-state index contributed by atoms with van der Waals surface area (Å²) in [6.07, 6.45) is 2.98. The van der Waals surface area contributed by atoms with E-state index in [1.807, 2.05) is 19.2 Å². The highest BCUT2D eigenvalue weighted by molar-refractivity contribution is 14.0. The van der Waals surface area contributed by atoms with Gasteiger partial charge >= 0.3 is 0 Å². The standard InChI is InChI=1S/C16H24ClN5O.HI/c1-18-16(20-11-13-2-3-15(17)19-10-13)22-5-4-14(12-22)21-6-8-23-9-7-21;/h2-3,10,14H,4-9,11-12H2,1H3,(H,18,20);1H. The second kappa shape index (κ2) is 9.74. The lowest BCUT2D eigenvalue weighted by Crippen LogP contribution is -2.46. The molecule has 24 heavy (non-hydrogen) atoms. The second-order valence-corrected chi connectivity index (χ2v) is 6.31. The first kappa shape index (κ1) is 19.7. The Kier molecular flexibility index (Phi) is 7.99. The van der Waals surface area contributed by atoms with Gasteiger partial charge in [0.15, 0.2) is 5.96 Å². The van der Waals surface area contributed by atoms with Gasteiger partial charge in [-0.05, 0) is 18.1 Å². The number of guanidine groups is 1. The van der Waals surface area contributed by atoms with E-state index in [-0.39, 0.29) is 24.0 Å². The Bertz CT molecular complexity index is 536. The quantitative estimate of drug-likeness (QED) is 0.319. The number of hydrogen-bond donors (Lipinski definition) is 1. The Morgan fingerprint density at radius 1 is 1.38 bits per heavy atom. The molecule has 2 saturated heterocycles. The highest BCUT2D eigenvalue weighted by Gasteiger charge is 2.30. The molecule has 134 valence electrons. The van der Waals surface area contributed by atoms with Crippen molar-refractivity contribution >= 4 is 41.5 Å². The number of ether oxygens (including phenoxy) is 1. The minimum atomic E-state index is 0. The van der Waals surface area contributed by atoms with Crippen molar-refractivity contribution in [2.45, 2.75) is 19.0 Å². The van der Waals surface area contributed by atoms with Gasteiger partial charge in [0.2, 0.25) is 0 Å². The maximum absolute atomic E-state index is 5.82. The van der Waals surface area contributed by atoms with Crippen LogP contribution in [0, 0.1) is 0 Å². The Balaban J connectivity index is 0.00000208. The van der Waals surface area contributed by atoms with Crippen molar-refractivity contribution in [3.63, 3.8) is 0 Å². The van der Waals surface area contributed by atoms with Gasteiger partial charge in [-0.15, -0.1) is 24.0 Å². The van der Waals surface area contributed by atoms with E-state index in [9.17, 15) is 0 Å². The van der Waals surface area contributed by atoms with Crippen LogP contribution in [0.3, 0.4) is 0 Å². The lowest BCUT2D eigenvalue weighted by molar-refractivity contribution is 0.0195. The smallest absolute Gasteiger partial charge is 0.193 e. The van der Waals surface area contributed by atoms with Crippen molar-refractivity contribution in [2.24, 2.45) is 4.99 Å². The van der Waals surface area contributed by atoms with Crippen LogP contribution in [-0.2, 0) is 11.3 Å². The summed E-state index contributed by atoms with van der Waals surface area (Å²) in [5.41, 5.74) is 1.10. The van der Waals surface area contributed by atoms with Crippen LogP contribution in [0.4, 0.5) is 0 Å². The first-order chi connectivity index (χ1) is 11.3. The Morgan fingerprint density at radius 3 is 2.83 bits per heavy atom. The lowest BCUT2D eigenvalue weighted by atomic mass is 10.2. The molecule has 0 amide bonds. The number of hydrogen-bond acceptors (Lipinski definition) is 4. The second-order valence-electron chi connectivity index (χ2n) is 5.93. The molecule has 0 spiro atoms. The summed E-state index contributed by atoms with van der Waals surface area (Å²) in [7, 11) is 1.84. The third kappa shape index (κ3) is 5.18. The number of aromatic nitrogens is 1. The van der Waals surface area contributed by atoms with Crippen LogP contribution in [-0.4, -0.2) is 73.2 Å². The predicted octanol–water partition coefficient (Wildman–Crippen LogP) is 1.83. The molecule has 8 heteroatoms. The number of nitrogens with one attached hydrogen (secondary N) is 1. The summed E-state index contributed by atoms with van der Waals surface area (Å²) >= 11 is 5.82. The maximum atomic E-state index is 5.82. The minimum absolute atomic E-state index is 0. The summed E-state index contributed by atoms with van der Waals surface area (Å²) in [4.78, 5) is 13.4. The number of nitrogens with zero attached hydrogens (tertiary/aromatic N) is 4. The zero-order chi connectivity index (χ0) is 16.1. The number of morpholine rings is 1. The average molecular weight is 466 g/mol. The largest absolute Gasteiger partial charge is 0.379 e. The average Bonchev–Trinajstić information content (AvgIpc) is 3.08. The van der Waals surface area contributed by atoms with Crippen LogP contribution in [0.15, 0.2) is 23.3 Å². The molecule has 2 aliphatic rings. The summed E-state index contributed by atoms with van der Waals surface area (Å²) in [5.74, 6) is 0.954. The number of halogens is 2. The lowest BCUT2D eigenvalue weighted by Gasteiger charge is -2.32. The fraction of sp³-hybridized carbons (Fsp3) is 0.625. The molecule has 0 bridgehead atoms. The van der Waals surface area contributed by atoms with Crippen molar-refractivity contribution in [3.05, 3.63) is 29.0 Å². The monoisotopic (exact) mass is 465 g/mol. The van der Waals surface area contributed by atoms with Crippen LogP contribution in [0.2, 0.25) is 5.15 Å². The summed E-state index contributed by atoms with van der Waals surface area (Å²) in [6.45, 7) is 6.57. The molecule has 2 aliphatic heterocycles. The zero-order valence-electron chi connectivity index (χ0n) is 13.9. The van der Waals surface area contributed by atoms with Gasteiger partial charge in [0, 0.05) is 52.0 Å². The zero-order valence-corrected chi connectivity index (χ0v) is 17.0. The number of likely N-dealkylation sites (tertiary alicyclic amines) is 1. The molecule has 0 saturated carbocycles. The summed E-state index contributed by atoms with van der Waals surface area (Å²) < 4.78 is 5.44. The summed E-state index contributed by atoms with van der Waals surface area (Å²) in [5, 5.41) is 3.94. The molecule has 6 nitrogen and oxygen atoms in total. The van der Waals surface area contributed by atoms with Crippen molar-refractivity contribution in [3.8, 4) is 0 Å². The van der Waals surface area contributed by atoms with E-state index in [4.69, 9.17) is 16.3 Å². The van der Waals surface area contributed by atoms with E-state index in [1.165, 1.54) is 6.42 Å². The van der Waals surface area contributed by atoms with E-state index in [0.29, 0.717) is 17.7 Å². The van der Waals surface area contributed by atoms with E-state index in [2.05, 4.69) is 25.1 Å². The van der Waals surface area contributed by atoms with Gasteiger partial charge in [-0.3, -0.25) is 9.89 Å². The van der Waals surface area contributed by atoms with Crippen LogP contribution in [0.5, 0.6) is 0 Å². The molecule has 2 fully saturated rings. The first-order valence-electron chi connectivity index (χ1n) is 8.14. The van der Waals surface area contributed by atoms with Crippen LogP contribution in [0.1, 0.15) is 12.0 Å². The van der Waals surface area contributed by atoms with Crippen LogP contribution in [0.25, 0.3) is 0 Å². The van der Waals surface area contributed by atoms with Crippen molar-refractivity contribution < 1.29 is 4.74 Å². The Labute approximate surface area is 165 Å². The van der Waals surface area contributed by atoms with Crippen LogP contribution < -0.4 is 5.32 Å². The molecule has 3 heterocycles. The Hall–Kier alpha value is -0.640. The molecular weight excluding hydrogens is 441 g/mol. The molecule has 1 unspecified atom stereocenters. The Morgan fingerprint density at radius 2 is 2.17 bits per heavy atom. The molecule has 1 N–H and O–H groups in total. The maximum Gasteiger partial charge on any atom is 0.193 e. The SMILES string of the molecule is CN=C(NCc1ccc(Cl)nc1)N1CCC(N2CCOCC2)C1.I. The third-order valence-corrected chi connectivity index (χ3v) is 4.70. The number of rotatable bonds is 3. The van der Waals surface area contributed by atoms with Crippen molar-refractivity contribution in [1.29, 1.82) is 0 Å². The first-order valence-corrected chi connectivity index (χ1v) is 8.52. The van der Waals surface area contributed by atoms with Gasteiger partial charge in [0.1, 0.15) is 5.15 Å². The van der Waals surface area contributed by atoms with E-state index < -0.39 is 0 Å².